The van der Waals surface area contributed by atoms with Crippen LogP contribution in [0.1, 0.15) is 74.4 Å². The molecule has 0 bridgehead atoms. The lowest BCUT2D eigenvalue weighted by atomic mass is 10.0. The third-order valence-electron chi connectivity index (χ3n) is 10.9. The summed E-state index contributed by atoms with van der Waals surface area (Å²) >= 11 is 1.30. The van der Waals surface area contributed by atoms with Crippen molar-refractivity contribution < 1.29 is 43.3 Å². The van der Waals surface area contributed by atoms with E-state index >= 15 is 0 Å². The Morgan fingerprint density at radius 2 is 1.13 bits per heavy atom. The molecule has 5 aromatic rings. The van der Waals surface area contributed by atoms with Crippen LogP contribution in [0.5, 0.6) is 0 Å². The van der Waals surface area contributed by atoms with Crippen LogP contribution in [-0.2, 0) is 28.7 Å². The zero-order valence-corrected chi connectivity index (χ0v) is 33.6. The number of aliphatic hydroxyl groups is 1. The van der Waals surface area contributed by atoms with E-state index in [1.807, 2.05) is 121 Å². The maximum absolute atomic E-state index is 14.2. The molecule has 2 N–H and O–H groups in total. The van der Waals surface area contributed by atoms with Gasteiger partial charge < -0.3 is 19.9 Å². The van der Waals surface area contributed by atoms with E-state index in [1.165, 1.54) is 28.8 Å². The van der Waals surface area contributed by atoms with Gasteiger partial charge in [-0.05, 0) is 52.8 Å². The molecule has 0 spiro atoms. The van der Waals surface area contributed by atoms with E-state index in [0.29, 0.717) is 16.7 Å². The second kappa shape index (κ2) is 18.2. The lowest BCUT2D eigenvalue weighted by Crippen LogP contribution is -2.70. The largest absolute Gasteiger partial charge is 0.451 e. The quantitative estimate of drug-likeness (QED) is 0.0714. The summed E-state index contributed by atoms with van der Waals surface area (Å²) in [4.78, 5) is 84.9. The second-order valence-electron chi connectivity index (χ2n) is 14.7. The van der Waals surface area contributed by atoms with E-state index in [-0.39, 0.29) is 41.8 Å². The molecule has 3 atom stereocenters. The van der Waals surface area contributed by atoms with Crippen LogP contribution in [0.3, 0.4) is 0 Å². The molecule has 308 valence electrons. The third kappa shape index (κ3) is 8.34. The standard InChI is InChI=1S/C48H41N3O9S/c52-28-34-29-61-46-39(45(56)51(46)40(34)48(58)60-42(32-20-9-3-10-21-32)33-22-11-4-12-23-33)49-38(53)27-15-26-37(50-43(54)35-24-13-14-25-36(35)44(50)55)47(57)59-41(30-16-5-1-6-17-30)31-18-7-2-8-19-31/h1-14,16-25,37,39,41-42,46,52H,15,26-29H2,(H,49,53)/t37-,39-,46-/m1/s1. The van der Waals surface area contributed by atoms with E-state index in [1.54, 1.807) is 12.1 Å². The molecule has 8 rings (SSSR count). The van der Waals surface area contributed by atoms with Crippen LogP contribution in [0.4, 0.5) is 0 Å². The Morgan fingerprint density at radius 3 is 1.61 bits per heavy atom. The molecule has 12 nitrogen and oxygen atoms in total. The lowest BCUT2D eigenvalue weighted by Gasteiger charge is -2.49. The highest BCUT2D eigenvalue weighted by Gasteiger charge is 2.54. The molecule has 13 heteroatoms. The number of carbonyl (C=O) groups is 6. The Morgan fingerprint density at radius 1 is 0.672 bits per heavy atom. The first-order chi connectivity index (χ1) is 29.7. The van der Waals surface area contributed by atoms with E-state index in [2.05, 4.69) is 5.32 Å². The predicted molar refractivity (Wildman–Crippen MR) is 225 cm³/mol. The first-order valence-corrected chi connectivity index (χ1v) is 20.9. The number of amides is 4. The van der Waals surface area contributed by atoms with Gasteiger partial charge in [0.1, 0.15) is 23.2 Å². The van der Waals surface area contributed by atoms with Gasteiger partial charge in [-0.2, -0.15) is 0 Å². The van der Waals surface area contributed by atoms with Crippen LogP contribution in [0.25, 0.3) is 0 Å². The van der Waals surface area contributed by atoms with Crippen LogP contribution in [0, 0.1) is 0 Å². The van der Waals surface area contributed by atoms with Gasteiger partial charge >= 0.3 is 11.9 Å². The third-order valence-corrected chi connectivity index (χ3v) is 12.2. The van der Waals surface area contributed by atoms with Crippen molar-refractivity contribution in [2.24, 2.45) is 0 Å². The minimum atomic E-state index is -1.36. The minimum Gasteiger partial charge on any atom is -0.451 e. The number of hydrogen-bond acceptors (Lipinski definition) is 10. The number of nitrogens with zero attached hydrogens (tertiary/aromatic N) is 2. The molecule has 0 saturated carbocycles. The number of β-lactam (4-membered cyclic amide) rings is 1. The fourth-order valence-corrected chi connectivity index (χ4v) is 9.20. The van der Waals surface area contributed by atoms with Crippen molar-refractivity contribution in [2.45, 2.75) is 48.9 Å². The molecule has 0 unspecified atom stereocenters. The molecule has 1 saturated heterocycles. The van der Waals surface area contributed by atoms with Crippen LogP contribution >= 0.6 is 11.8 Å². The van der Waals surface area contributed by atoms with Crippen LogP contribution in [0.15, 0.2) is 157 Å². The number of esters is 2. The van der Waals surface area contributed by atoms with Gasteiger partial charge in [-0.25, -0.2) is 9.59 Å². The van der Waals surface area contributed by atoms with Crippen molar-refractivity contribution in [1.82, 2.24) is 15.1 Å². The SMILES string of the molecule is O=C(CCC[C@H](C(=O)OC(c1ccccc1)c1ccccc1)N1C(=O)c2ccccc2C1=O)N[C@@H]1C(=O)N2C(C(=O)OC(c3ccccc3)c3ccccc3)=C(CO)CS[C@H]12. The topological polar surface area (TPSA) is 160 Å². The maximum Gasteiger partial charge on any atom is 0.356 e. The Labute approximate surface area is 356 Å². The van der Waals surface area contributed by atoms with Gasteiger partial charge in [0.2, 0.25) is 5.91 Å². The number of hydrogen-bond donors (Lipinski definition) is 2. The van der Waals surface area contributed by atoms with Crippen molar-refractivity contribution in [2.75, 3.05) is 12.4 Å². The number of benzene rings is 5. The minimum absolute atomic E-state index is 0.0507. The Kier molecular flexibility index (Phi) is 12.2. The predicted octanol–water partition coefficient (Wildman–Crippen LogP) is 6.13. The molecule has 0 aliphatic carbocycles. The van der Waals surface area contributed by atoms with Crippen molar-refractivity contribution in [1.29, 1.82) is 0 Å². The monoisotopic (exact) mass is 835 g/mol. The molecule has 61 heavy (non-hydrogen) atoms. The van der Waals surface area contributed by atoms with E-state index in [0.717, 1.165) is 16.0 Å². The summed E-state index contributed by atoms with van der Waals surface area (Å²) in [5, 5.41) is 12.4. The van der Waals surface area contributed by atoms with Gasteiger partial charge in [0.15, 0.2) is 12.2 Å². The van der Waals surface area contributed by atoms with Gasteiger partial charge in [-0.15, -0.1) is 11.8 Å². The van der Waals surface area contributed by atoms with Crippen molar-refractivity contribution >= 4 is 47.3 Å². The molecule has 5 aromatic carbocycles. The average molecular weight is 836 g/mol. The summed E-state index contributed by atoms with van der Waals surface area (Å²) in [7, 11) is 0. The zero-order chi connectivity index (χ0) is 42.5. The second-order valence-corrected chi connectivity index (χ2v) is 15.8. The summed E-state index contributed by atoms with van der Waals surface area (Å²) in [6, 6.07) is 40.6. The highest BCUT2D eigenvalue weighted by molar-refractivity contribution is 8.00. The maximum atomic E-state index is 14.2. The van der Waals surface area contributed by atoms with Gasteiger partial charge in [0.05, 0.1) is 17.7 Å². The zero-order valence-electron chi connectivity index (χ0n) is 32.8. The molecule has 4 amide bonds. The number of rotatable bonds is 15. The summed E-state index contributed by atoms with van der Waals surface area (Å²) in [5.74, 6) is -3.70. The lowest BCUT2D eigenvalue weighted by molar-refractivity contribution is -0.155. The van der Waals surface area contributed by atoms with Gasteiger partial charge in [0.25, 0.3) is 17.7 Å². The van der Waals surface area contributed by atoms with Crippen LogP contribution in [-0.4, -0.2) is 80.3 Å². The Bertz CT molecular complexity index is 2370. The number of aliphatic hydroxyl groups excluding tert-OH is 1. The van der Waals surface area contributed by atoms with E-state index < -0.39 is 71.8 Å². The number of nitrogens with one attached hydrogen (secondary N) is 1. The summed E-state index contributed by atoms with van der Waals surface area (Å²) in [6.07, 6.45) is -1.83. The summed E-state index contributed by atoms with van der Waals surface area (Å²) < 4.78 is 12.2. The number of imide groups is 1. The van der Waals surface area contributed by atoms with E-state index in [9.17, 15) is 33.9 Å². The first-order valence-electron chi connectivity index (χ1n) is 19.9. The fourth-order valence-electron chi connectivity index (χ4n) is 7.86. The van der Waals surface area contributed by atoms with Gasteiger partial charge in [-0.3, -0.25) is 29.0 Å². The normalized spacial score (nSPS) is 17.5. The van der Waals surface area contributed by atoms with Gasteiger partial charge in [0, 0.05) is 12.2 Å². The fraction of sp³-hybridized carbons (Fsp3) is 0.208. The number of ether oxygens (including phenoxy) is 2. The van der Waals surface area contributed by atoms with E-state index in [4.69, 9.17) is 9.47 Å². The van der Waals surface area contributed by atoms with Crippen molar-refractivity contribution in [3.63, 3.8) is 0 Å². The highest BCUT2D eigenvalue weighted by Crippen LogP contribution is 2.42. The highest BCUT2D eigenvalue weighted by atomic mass is 32.2. The molecule has 3 heterocycles. The molecular weight excluding hydrogens is 795 g/mol. The van der Waals surface area contributed by atoms with Crippen LogP contribution in [0.2, 0.25) is 0 Å². The number of fused-ring (bicyclic) bond motifs is 2. The molecule has 3 aliphatic rings. The van der Waals surface area contributed by atoms with Crippen molar-refractivity contribution in [3.8, 4) is 0 Å². The number of thioether (sulfide) groups is 1. The Balaban J connectivity index is 0.955. The summed E-state index contributed by atoms with van der Waals surface area (Å²) in [6.45, 7) is -0.472. The first kappa shape index (κ1) is 40.9. The molecular formula is C48H41N3O9S. The smallest absolute Gasteiger partial charge is 0.356 e. The van der Waals surface area contributed by atoms with Gasteiger partial charge in [-0.1, -0.05) is 133 Å². The average Bonchev–Trinajstić information content (AvgIpc) is 3.56. The number of carbonyl (C=O) groups excluding carboxylic acids is 6. The Hall–Kier alpha value is -6.83. The molecule has 3 aliphatic heterocycles. The van der Waals surface area contributed by atoms with Crippen molar-refractivity contribution in [3.05, 3.63) is 190 Å². The molecule has 1 fully saturated rings. The molecule has 0 aromatic heterocycles. The van der Waals surface area contributed by atoms with Crippen LogP contribution < -0.4 is 5.32 Å². The summed E-state index contributed by atoms with van der Waals surface area (Å²) in [5.41, 5.74) is 3.43. The molecule has 0 radical (unpaired) electrons.